The highest BCUT2D eigenvalue weighted by atomic mass is 15.3. The van der Waals surface area contributed by atoms with Crippen molar-refractivity contribution in [1.82, 2.24) is 4.90 Å². The van der Waals surface area contributed by atoms with Crippen LogP contribution in [0.3, 0.4) is 0 Å². The summed E-state index contributed by atoms with van der Waals surface area (Å²) in [5.41, 5.74) is 0. The minimum Gasteiger partial charge on any atom is -0.312 e. The minimum atomic E-state index is 0.671. The van der Waals surface area contributed by atoms with E-state index in [1.807, 2.05) is 19.0 Å². The Bertz CT molecular complexity index is 105. The molecular weight excluding hydrogens is 126 g/mol. The molecule has 0 aliphatic rings. The van der Waals surface area contributed by atoms with E-state index in [1.54, 1.807) is 0 Å². The van der Waals surface area contributed by atoms with Gasteiger partial charge in [0.2, 0.25) is 0 Å². The van der Waals surface area contributed by atoms with Crippen molar-refractivity contribution in [3.8, 4) is 0 Å². The standard InChI is InChI=1S/C7H17N3/c1-5-10(6-2)7(8)9(3)4/h8H,5-6H2,1-4H3/p+1. The predicted octanol–water partition coefficient (Wildman–Crippen LogP) is -0.593. The summed E-state index contributed by atoms with van der Waals surface area (Å²) < 4.78 is 0. The van der Waals surface area contributed by atoms with Crippen LogP contribution in [-0.4, -0.2) is 38.0 Å². The summed E-state index contributed by atoms with van der Waals surface area (Å²) in [7, 11) is 3.95. The van der Waals surface area contributed by atoms with Gasteiger partial charge in [0.15, 0.2) is 0 Å². The van der Waals surface area contributed by atoms with Crippen molar-refractivity contribution in [1.29, 1.82) is 5.41 Å². The number of nitrogens with zero attached hydrogens (tertiary/aromatic N) is 1. The maximum absolute atomic E-state index is 7.59. The lowest BCUT2D eigenvalue weighted by Crippen LogP contribution is -3.10. The average molecular weight is 144 g/mol. The fourth-order valence-electron chi connectivity index (χ4n) is 0.856. The number of hydrogen-bond acceptors (Lipinski definition) is 1. The van der Waals surface area contributed by atoms with Gasteiger partial charge in [-0.3, -0.25) is 4.90 Å². The van der Waals surface area contributed by atoms with Crippen LogP contribution in [0.1, 0.15) is 13.8 Å². The van der Waals surface area contributed by atoms with E-state index >= 15 is 0 Å². The van der Waals surface area contributed by atoms with Crippen molar-refractivity contribution in [3.63, 3.8) is 0 Å². The summed E-state index contributed by atoms with van der Waals surface area (Å²) >= 11 is 0. The maximum atomic E-state index is 7.59. The first-order valence-corrected chi connectivity index (χ1v) is 3.77. The first-order chi connectivity index (χ1) is 4.63. The molecule has 0 unspecified atom stereocenters. The van der Waals surface area contributed by atoms with Crippen molar-refractivity contribution in [3.05, 3.63) is 0 Å². The van der Waals surface area contributed by atoms with Crippen molar-refractivity contribution >= 4 is 5.96 Å². The Morgan fingerprint density at radius 2 is 1.70 bits per heavy atom. The summed E-state index contributed by atoms with van der Waals surface area (Å²) in [5.74, 6) is 0.671. The Hall–Kier alpha value is -0.570. The number of hydrogen-bond donors (Lipinski definition) is 2. The summed E-state index contributed by atoms with van der Waals surface area (Å²) in [6, 6.07) is 0. The number of nitrogens with one attached hydrogen (secondary N) is 2. The molecule has 0 saturated heterocycles. The Morgan fingerprint density at radius 1 is 1.30 bits per heavy atom. The van der Waals surface area contributed by atoms with E-state index in [1.165, 1.54) is 0 Å². The van der Waals surface area contributed by atoms with E-state index in [-0.39, 0.29) is 0 Å². The van der Waals surface area contributed by atoms with Crippen molar-refractivity contribution in [2.75, 3.05) is 27.2 Å². The van der Waals surface area contributed by atoms with Crippen LogP contribution in [-0.2, 0) is 0 Å². The zero-order chi connectivity index (χ0) is 8.15. The highest BCUT2D eigenvalue weighted by Gasteiger charge is 2.10. The van der Waals surface area contributed by atoms with Gasteiger partial charge in [0.05, 0.1) is 14.1 Å². The van der Waals surface area contributed by atoms with Crippen LogP contribution in [0.5, 0.6) is 0 Å². The Morgan fingerprint density at radius 3 is 1.80 bits per heavy atom. The highest BCUT2D eigenvalue weighted by molar-refractivity contribution is 5.66. The molecule has 0 heterocycles. The molecule has 10 heavy (non-hydrogen) atoms. The fourth-order valence-corrected chi connectivity index (χ4v) is 0.856. The van der Waals surface area contributed by atoms with Gasteiger partial charge in [0.1, 0.15) is 0 Å². The van der Waals surface area contributed by atoms with E-state index in [0.717, 1.165) is 18.0 Å². The quantitative estimate of drug-likeness (QED) is 0.394. The molecule has 0 amide bonds. The van der Waals surface area contributed by atoms with Gasteiger partial charge in [-0.05, 0) is 13.8 Å². The van der Waals surface area contributed by atoms with Crippen LogP contribution < -0.4 is 4.90 Å². The summed E-state index contributed by atoms with van der Waals surface area (Å²) in [6.45, 7) is 6.00. The lowest BCUT2D eigenvalue weighted by Gasteiger charge is -2.21. The second-order valence-electron chi connectivity index (χ2n) is 2.52. The molecule has 2 N–H and O–H groups in total. The molecule has 0 aliphatic carbocycles. The van der Waals surface area contributed by atoms with Gasteiger partial charge in [0, 0.05) is 13.1 Å². The Labute approximate surface area is 63.1 Å². The second kappa shape index (κ2) is 4.28. The first kappa shape index (κ1) is 9.43. The first-order valence-electron chi connectivity index (χ1n) is 3.77. The van der Waals surface area contributed by atoms with Gasteiger partial charge in [0.25, 0.3) is 5.96 Å². The maximum Gasteiger partial charge on any atom is 0.295 e. The van der Waals surface area contributed by atoms with Gasteiger partial charge >= 0.3 is 0 Å². The topological polar surface area (TPSA) is 31.5 Å². The van der Waals surface area contributed by atoms with Crippen LogP contribution >= 0.6 is 0 Å². The van der Waals surface area contributed by atoms with Crippen molar-refractivity contribution < 1.29 is 4.90 Å². The molecule has 3 nitrogen and oxygen atoms in total. The monoisotopic (exact) mass is 144 g/mol. The number of quaternary nitrogens is 1. The number of guanidine groups is 1. The SMILES string of the molecule is CCN(CC)C(=N)[NH+](C)C. The molecule has 0 rings (SSSR count). The van der Waals surface area contributed by atoms with Gasteiger partial charge < -0.3 is 4.90 Å². The van der Waals surface area contributed by atoms with Crippen LogP contribution in [0.4, 0.5) is 0 Å². The second-order valence-corrected chi connectivity index (χ2v) is 2.52. The van der Waals surface area contributed by atoms with Crippen LogP contribution in [0, 0.1) is 5.41 Å². The molecule has 0 aromatic rings. The molecule has 60 valence electrons. The van der Waals surface area contributed by atoms with Gasteiger partial charge in [-0.2, -0.15) is 0 Å². The normalized spacial score (nSPS) is 10.1. The molecular formula is C7H18N3+. The summed E-state index contributed by atoms with van der Waals surface area (Å²) in [4.78, 5) is 3.12. The molecule has 0 saturated carbocycles. The highest BCUT2D eigenvalue weighted by Crippen LogP contribution is 1.81. The van der Waals surface area contributed by atoms with E-state index in [4.69, 9.17) is 5.41 Å². The Balaban J connectivity index is 3.89. The third kappa shape index (κ3) is 2.35. The lowest BCUT2D eigenvalue weighted by atomic mass is 10.5. The van der Waals surface area contributed by atoms with Gasteiger partial charge in [-0.25, -0.2) is 5.41 Å². The predicted molar refractivity (Wildman–Crippen MR) is 43.5 cm³/mol. The number of rotatable bonds is 2. The molecule has 0 radical (unpaired) electrons. The van der Waals surface area contributed by atoms with Gasteiger partial charge in [-0.15, -0.1) is 0 Å². The largest absolute Gasteiger partial charge is 0.312 e. The minimum absolute atomic E-state index is 0.671. The third-order valence-corrected chi connectivity index (χ3v) is 1.55. The molecule has 3 heteroatoms. The van der Waals surface area contributed by atoms with E-state index in [9.17, 15) is 0 Å². The molecule has 0 bridgehead atoms. The molecule has 0 spiro atoms. The van der Waals surface area contributed by atoms with Crippen molar-refractivity contribution in [2.24, 2.45) is 0 Å². The average Bonchev–Trinajstić information content (AvgIpc) is 1.90. The van der Waals surface area contributed by atoms with Crippen LogP contribution in [0.15, 0.2) is 0 Å². The zero-order valence-corrected chi connectivity index (χ0v) is 7.36. The molecule has 0 aromatic carbocycles. The molecule has 0 aliphatic heterocycles. The van der Waals surface area contributed by atoms with Gasteiger partial charge in [-0.1, -0.05) is 0 Å². The summed E-state index contributed by atoms with van der Waals surface area (Å²) in [6.07, 6.45) is 0. The van der Waals surface area contributed by atoms with Crippen LogP contribution in [0.2, 0.25) is 0 Å². The molecule has 0 atom stereocenters. The van der Waals surface area contributed by atoms with E-state index in [0.29, 0.717) is 5.96 Å². The molecule has 0 fully saturated rings. The lowest BCUT2D eigenvalue weighted by molar-refractivity contribution is -0.765. The smallest absolute Gasteiger partial charge is 0.295 e. The molecule has 0 aromatic heterocycles. The van der Waals surface area contributed by atoms with Crippen molar-refractivity contribution in [2.45, 2.75) is 13.8 Å². The van der Waals surface area contributed by atoms with E-state index in [2.05, 4.69) is 13.8 Å². The van der Waals surface area contributed by atoms with E-state index < -0.39 is 0 Å². The Kier molecular flexibility index (Phi) is 4.03. The van der Waals surface area contributed by atoms with Crippen LogP contribution in [0.25, 0.3) is 0 Å². The third-order valence-electron chi connectivity index (χ3n) is 1.55. The fraction of sp³-hybridized carbons (Fsp3) is 0.857. The zero-order valence-electron chi connectivity index (χ0n) is 7.36. The summed E-state index contributed by atoms with van der Waals surface area (Å²) in [5, 5.41) is 7.59.